The van der Waals surface area contributed by atoms with Gasteiger partial charge in [-0.15, -0.1) is 0 Å². The minimum atomic E-state index is 0.105. The molecular weight excluding hydrogens is 372 g/mol. The highest BCUT2D eigenvalue weighted by atomic mass is 16.2. The van der Waals surface area contributed by atoms with Crippen molar-refractivity contribution in [3.05, 3.63) is 47.4 Å². The van der Waals surface area contributed by atoms with Crippen LogP contribution in [0.2, 0.25) is 0 Å². The minimum absolute atomic E-state index is 0.105. The zero-order valence-electron chi connectivity index (χ0n) is 18.1. The van der Waals surface area contributed by atoms with Gasteiger partial charge in [-0.1, -0.05) is 25.0 Å². The Balaban J connectivity index is 1.31. The number of imidazole rings is 1. The molecule has 160 valence electrons. The van der Waals surface area contributed by atoms with Crippen LogP contribution in [0.15, 0.2) is 30.5 Å². The van der Waals surface area contributed by atoms with Crippen molar-refractivity contribution in [2.75, 3.05) is 19.6 Å². The van der Waals surface area contributed by atoms with E-state index in [9.17, 15) is 4.79 Å². The lowest BCUT2D eigenvalue weighted by atomic mass is 9.91. The number of hydrogen-bond acceptors (Lipinski definition) is 3. The van der Waals surface area contributed by atoms with Crippen LogP contribution in [0.4, 0.5) is 0 Å². The summed E-state index contributed by atoms with van der Waals surface area (Å²) < 4.78 is 2.10. The fourth-order valence-corrected chi connectivity index (χ4v) is 5.68. The second-order valence-corrected chi connectivity index (χ2v) is 9.55. The molecule has 1 amide bonds. The van der Waals surface area contributed by atoms with E-state index in [1.165, 1.54) is 37.7 Å². The summed E-state index contributed by atoms with van der Waals surface area (Å²) in [7, 11) is 0. The van der Waals surface area contributed by atoms with Crippen LogP contribution in [0, 0.1) is 24.7 Å². The number of aryl methyl sites for hydroxylation is 1. The van der Waals surface area contributed by atoms with E-state index in [1.54, 1.807) is 0 Å². The first-order valence-electron chi connectivity index (χ1n) is 11.8. The van der Waals surface area contributed by atoms with Gasteiger partial charge in [-0.3, -0.25) is 4.79 Å². The van der Waals surface area contributed by atoms with Gasteiger partial charge in [0.25, 0.3) is 5.91 Å². The van der Waals surface area contributed by atoms with Crippen molar-refractivity contribution in [1.29, 1.82) is 0 Å². The highest BCUT2D eigenvalue weighted by Gasteiger charge is 2.34. The predicted molar refractivity (Wildman–Crippen MR) is 119 cm³/mol. The first kappa shape index (κ1) is 19.8. The Morgan fingerprint density at radius 1 is 1.17 bits per heavy atom. The van der Waals surface area contributed by atoms with E-state index in [4.69, 9.17) is 4.98 Å². The molecule has 2 aliphatic carbocycles. The van der Waals surface area contributed by atoms with Crippen LogP contribution in [0.1, 0.15) is 66.7 Å². The van der Waals surface area contributed by atoms with E-state index >= 15 is 0 Å². The van der Waals surface area contributed by atoms with Crippen molar-refractivity contribution < 1.29 is 4.79 Å². The summed E-state index contributed by atoms with van der Waals surface area (Å²) in [5, 5.41) is 3.64. The van der Waals surface area contributed by atoms with Crippen molar-refractivity contribution in [2.45, 2.75) is 58.4 Å². The molecule has 30 heavy (non-hydrogen) atoms. The largest absolute Gasteiger partial charge is 0.337 e. The Hall–Kier alpha value is -2.14. The van der Waals surface area contributed by atoms with Crippen LogP contribution in [0.3, 0.4) is 0 Å². The summed E-state index contributed by atoms with van der Waals surface area (Å²) in [6.45, 7) is 5.48. The van der Waals surface area contributed by atoms with Gasteiger partial charge in [0.05, 0.1) is 5.69 Å². The number of nitrogens with zero attached hydrogens (tertiary/aromatic N) is 3. The number of rotatable bonds is 6. The predicted octanol–water partition coefficient (Wildman–Crippen LogP) is 4.35. The van der Waals surface area contributed by atoms with Crippen LogP contribution in [-0.4, -0.2) is 39.8 Å². The number of pyridine rings is 1. The number of aromatic nitrogens is 2. The normalized spacial score (nSPS) is 25.9. The Bertz CT molecular complexity index is 938. The molecule has 3 heterocycles. The molecule has 3 atom stereocenters. The molecule has 5 heteroatoms. The summed E-state index contributed by atoms with van der Waals surface area (Å²) in [5.41, 5.74) is 3.69. The highest BCUT2D eigenvalue weighted by Crippen LogP contribution is 2.44. The molecule has 1 aliphatic heterocycles. The topological polar surface area (TPSA) is 49.6 Å². The van der Waals surface area contributed by atoms with E-state index < -0.39 is 0 Å². The number of hydrogen-bond donors (Lipinski definition) is 1. The van der Waals surface area contributed by atoms with Gasteiger partial charge in [-0.05, 0) is 81.0 Å². The molecule has 2 fully saturated rings. The molecule has 1 saturated carbocycles. The summed E-state index contributed by atoms with van der Waals surface area (Å²) in [5.74, 6) is 2.57. The van der Waals surface area contributed by atoms with Crippen LogP contribution in [0.25, 0.3) is 5.65 Å². The molecule has 0 unspecified atom stereocenters. The molecule has 5 rings (SSSR count). The number of carbonyl (C=O) groups is 1. The van der Waals surface area contributed by atoms with E-state index in [-0.39, 0.29) is 5.91 Å². The van der Waals surface area contributed by atoms with Gasteiger partial charge in [0.2, 0.25) is 0 Å². The maximum absolute atomic E-state index is 13.4. The van der Waals surface area contributed by atoms with E-state index in [1.807, 2.05) is 4.90 Å². The highest BCUT2D eigenvalue weighted by molar-refractivity contribution is 5.94. The summed E-state index contributed by atoms with van der Waals surface area (Å²) in [6, 6.07) is 4.17. The first-order chi connectivity index (χ1) is 14.7. The van der Waals surface area contributed by atoms with Crippen LogP contribution in [-0.2, 0) is 6.54 Å². The van der Waals surface area contributed by atoms with Gasteiger partial charge in [0.1, 0.15) is 5.65 Å². The van der Waals surface area contributed by atoms with E-state index in [2.05, 4.69) is 47.1 Å². The van der Waals surface area contributed by atoms with E-state index in [0.29, 0.717) is 12.2 Å². The average molecular weight is 407 g/mol. The summed E-state index contributed by atoms with van der Waals surface area (Å²) in [4.78, 5) is 20.2. The maximum atomic E-state index is 13.4. The lowest BCUT2D eigenvalue weighted by Gasteiger charge is -2.20. The molecule has 0 aromatic carbocycles. The Morgan fingerprint density at radius 2 is 2.00 bits per heavy atom. The fourth-order valence-electron chi connectivity index (χ4n) is 5.68. The lowest BCUT2D eigenvalue weighted by Crippen LogP contribution is -2.33. The molecule has 2 aromatic rings. The second kappa shape index (κ2) is 8.54. The summed E-state index contributed by atoms with van der Waals surface area (Å²) in [6.07, 6.45) is 15.5. The van der Waals surface area contributed by atoms with Crippen LogP contribution < -0.4 is 5.32 Å². The number of likely N-dealkylation sites (tertiary alicyclic amines) is 1. The monoisotopic (exact) mass is 406 g/mol. The van der Waals surface area contributed by atoms with Crippen molar-refractivity contribution in [2.24, 2.45) is 17.8 Å². The Morgan fingerprint density at radius 3 is 2.73 bits per heavy atom. The Kier molecular flexibility index (Phi) is 5.64. The number of amides is 1. The zero-order chi connectivity index (χ0) is 20.5. The van der Waals surface area contributed by atoms with Gasteiger partial charge in [0.15, 0.2) is 5.69 Å². The molecule has 2 aromatic heterocycles. The van der Waals surface area contributed by atoms with Crippen molar-refractivity contribution >= 4 is 11.6 Å². The van der Waals surface area contributed by atoms with Crippen molar-refractivity contribution in [1.82, 2.24) is 19.6 Å². The zero-order valence-corrected chi connectivity index (χ0v) is 18.1. The van der Waals surface area contributed by atoms with Gasteiger partial charge < -0.3 is 14.6 Å². The fraction of sp³-hybridized carbons (Fsp3) is 0.600. The number of nitrogens with one attached hydrogen (secondary N) is 1. The third-order valence-corrected chi connectivity index (χ3v) is 7.38. The van der Waals surface area contributed by atoms with Crippen molar-refractivity contribution in [3.8, 4) is 0 Å². The smallest absolute Gasteiger partial charge is 0.274 e. The first-order valence-corrected chi connectivity index (χ1v) is 11.8. The second-order valence-electron chi connectivity index (χ2n) is 9.55. The van der Waals surface area contributed by atoms with Gasteiger partial charge in [0, 0.05) is 25.8 Å². The molecule has 1 N–H and O–H groups in total. The van der Waals surface area contributed by atoms with Gasteiger partial charge in [-0.25, -0.2) is 4.98 Å². The molecule has 0 radical (unpaired) electrons. The molecule has 3 aliphatic rings. The standard InChI is InChI=1S/C25H34N4O/c1-18-9-13-29-22(17-26-10-8-21-16-19-6-7-20(21)15-19)24(27-23(29)14-18)25(30)28-11-4-2-3-5-12-28/h6-7,9,13-14,19-21,26H,2-5,8,10-12,15-17H2,1H3/t19-,20+,21-/m1/s1. The molecular formula is C25H34N4O. The quantitative estimate of drug-likeness (QED) is 0.573. The molecule has 2 bridgehead atoms. The molecule has 5 nitrogen and oxygen atoms in total. The SMILES string of the molecule is Cc1ccn2c(CNCC[C@@H]3C[C@@H]4C=C[C@H]3C4)c(C(=O)N3CCCCCC3)nc2c1. The third-order valence-electron chi connectivity index (χ3n) is 7.38. The maximum Gasteiger partial charge on any atom is 0.274 e. The molecule has 1 saturated heterocycles. The third kappa shape index (κ3) is 3.92. The number of carbonyl (C=O) groups excluding carboxylic acids is 1. The molecule has 0 spiro atoms. The van der Waals surface area contributed by atoms with Crippen LogP contribution in [0.5, 0.6) is 0 Å². The average Bonchev–Trinajstić information content (AvgIpc) is 3.39. The summed E-state index contributed by atoms with van der Waals surface area (Å²) >= 11 is 0. The minimum Gasteiger partial charge on any atom is -0.337 e. The Labute approximate surface area is 179 Å². The van der Waals surface area contributed by atoms with Gasteiger partial charge in [-0.2, -0.15) is 0 Å². The van der Waals surface area contributed by atoms with Crippen LogP contribution >= 0.6 is 0 Å². The van der Waals surface area contributed by atoms with E-state index in [0.717, 1.165) is 61.6 Å². The van der Waals surface area contributed by atoms with Crippen molar-refractivity contribution in [3.63, 3.8) is 0 Å². The number of allylic oxidation sites excluding steroid dienone is 2. The lowest BCUT2D eigenvalue weighted by molar-refractivity contribution is 0.0755. The number of fused-ring (bicyclic) bond motifs is 3. The van der Waals surface area contributed by atoms with Gasteiger partial charge >= 0.3 is 0 Å².